The summed E-state index contributed by atoms with van der Waals surface area (Å²) in [6.07, 6.45) is 4.87. The molecule has 1 aromatic carbocycles. The van der Waals surface area contributed by atoms with Crippen molar-refractivity contribution in [2.75, 3.05) is 12.5 Å². The van der Waals surface area contributed by atoms with Crippen LogP contribution in [0.15, 0.2) is 34.6 Å². The summed E-state index contributed by atoms with van der Waals surface area (Å²) in [5, 5.41) is 20.4. The average Bonchev–Trinajstić information content (AvgIpc) is 2.35. The minimum atomic E-state index is -0.731. The van der Waals surface area contributed by atoms with Gasteiger partial charge in [-0.05, 0) is 36.3 Å². The standard InChI is InChI=1S/C11H13NO3S2/c1-16-11(17-2)7-10(13)8-3-5-9(6-4-8)12(14)15/h3-7,10,13H,1-2H3. The Morgan fingerprint density at radius 1 is 1.35 bits per heavy atom. The molecule has 0 fully saturated rings. The fraction of sp³-hybridized carbons (Fsp3) is 0.273. The number of hydrogen-bond donors (Lipinski definition) is 1. The fourth-order valence-electron chi connectivity index (χ4n) is 1.24. The van der Waals surface area contributed by atoms with Gasteiger partial charge < -0.3 is 5.11 Å². The lowest BCUT2D eigenvalue weighted by molar-refractivity contribution is -0.384. The van der Waals surface area contributed by atoms with Crippen LogP contribution >= 0.6 is 23.5 Å². The molecule has 92 valence electrons. The third kappa shape index (κ3) is 4.07. The van der Waals surface area contributed by atoms with E-state index in [9.17, 15) is 15.2 Å². The molecule has 4 nitrogen and oxygen atoms in total. The summed E-state index contributed by atoms with van der Waals surface area (Å²) in [5.74, 6) is 0. The molecule has 0 bridgehead atoms. The van der Waals surface area contributed by atoms with Crippen molar-refractivity contribution in [2.45, 2.75) is 6.10 Å². The number of nitro benzene ring substituents is 1. The Morgan fingerprint density at radius 3 is 2.29 bits per heavy atom. The molecular formula is C11H13NO3S2. The van der Waals surface area contributed by atoms with Crippen LogP contribution in [0.3, 0.4) is 0 Å². The minimum Gasteiger partial charge on any atom is -0.384 e. The molecule has 0 amide bonds. The van der Waals surface area contributed by atoms with Crippen LogP contribution in [0.2, 0.25) is 0 Å². The summed E-state index contributed by atoms with van der Waals surface area (Å²) in [4.78, 5) is 10.0. The lowest BCUT2D eigenvalue weighted by Crippen LogP contribution is -1.95. The van der Waals surface area contributed by atoms with Crippen LogP contribution in [0.1, 0.15) is 11.7 Å². The number of rotatable bonds is 5. The van der Waals surface area contributed by atoms with Gasteiger partial charge in [0.25, 0.3) is 5.69 Å². The largest absolute Gasteiger partial charge is 0.384 e. The maximum absolute atomic E-state index is 10.5. The maximum atomic E-state index is 10.5. The summed E-state index contributed by atoms with van der Waals surface area (Å²) in [7, 11) is 0. The highest BCUT2D eigenvalue weighted by Gasteiger charge is 2.09. The number of nitro groups is 1. The fourth-order valence-corrected chi connectivity index (χ4v) is 2.43. The van der Waals surface area contributed by atoms with Crippen molar-refractivity contribution in [3.63, 3.8) is 0 Å². The van der Waals surface area contributed by atoms with Crippen molar-refractivity contribution in [3.05, 3.63) is 50.3 Å². The van der Waals surface area contributed by atoms with Gasteiger partial charge in [-0.25, -0.2) is 0 Å². The Morgan fingerprint density at radius 2 is 1.88 bits per heavy atom. The third-order valence-electron chi connectivity index (χ3n) is 2.14. The third-order valence-corrected chi connectivity index (χ3v) is 4.22. The number of nitrogens with zero attached hydrogens (tertiary/aromatic N) is 1. The topological polar surface area (TPSA) is 63.4 Å². The van der Waals surface area contributed by atoms with Crippen LogP contribution < -0.4 is 0 Å². The molecule has 0 radical (unpaired) electrons. The second-order valence-corrected chi connectivity index (χ2v) is 5.14. The Hall–Kier alpha value is -0.980. The van der Waals surface area contributed by atoms with E-state index in [1.165, 1.54) is 12.1 Å². The van der Waals surface area contributed by atoms with Gasteiger partial charge in [0, 0.05) is 16.4 Å². The van der Waals surface area contributed by atoms with Gasteiger partial charge >= 0.3 is 0 Å². The van der Waals surface area contributed by atoms with Crippen LogP contribution in [0.5, 0.6) is 0 Å². The van der Waals surface area contributed by atoms with Crippen LogP contribution in [-0.2, 0) is 0 Å². The molecule has 1 atom stereocenters. The summed E-state index contributed by atoms with van der Waals surface area (Å²) in [6, 6.07) is 5.92. The molecule has 1 unspecified atom stereocenters. The van der Waals surface area contributed by atoms with Crippen LogP contribution in [-0.4, -0.2) is 22.5 Å². The van der Waals surface area contributed by atoms with Gasteiger partial charge in [-0.2, -0.15) is 0 Å². The first-order valence-corrected chi connectivity index (χ1v) is 7.25. The normalized spacial score (nSPS) is 11.9. The molecule has 0 aliphatic heterocycles. The molecule has 1 N–H and O–H groups in total. The van der Waals surface area contributed by atoms with Crippen molar-refractivity contribution in [1.82, 2.24) is 0 Å². The first-order valence-electron chi connectivity index (χ1n) is 4.80. The zero-order chi connectivity index (χ0) is 12.8. The summed E-state index contributed by atoms with van der Waals surface area (Å²) in [5.41, 5.74) is 0.677. The second kappa shape index (κ2) is 6.68. The monoisotopic (exact) mass is 271 g/mol. The minimum absolute atomic E-state index is 0.0277. The van der Waals surface area contributed by atoms with E-state index in [2.05, 4.69) is 0 Å². The quantitative estimate of drug-likeness (QED) is 0.658. The molecule has 0 saturated carbocycles. The maximum Gasteiger partial charge on any atom is 0.269 e. The second-order valence-electron chi connectivity index (χ2n) is 3.19. The van der Waals surface area contributed by atoms with Crippen LogP contribution in [0.25, 0.3) is 0 Å². The highest BCUT2D eigenvalue weighted by Crippen LogP contribution is 2.28. The van der Waals surface area contributed by atoms with E-state index in [-0.39, 0.29) is 5.69 Å². The van der Waals surface area contributed by atoms with Crippen molar-refractivity contribution in [3.8, 4) is 0 Å². The number of non-ortho nitro benzene ring substituents is 1. The average molecular weight is 271 g/mol. The van der Waals surface area contributed by atoms with Gasteiger partial charge in [0.15, 0.2) is 0 Å². The van der Waals surface area contributed by atoms with Crippen molar-refractivity contribution in [2.24, 2.45) is 0 Å². The van der Waals surface area contributed by atoms with Crippen molar-refractivity contribution < 1.29 is 10.0 Å². The van der Waals surface area contributed by atoms with E-state index >= 15 is 0 Å². The van der Waals surface area contributed by atoms with E-state index in [1.807, 2.05) is 12.5 Å². The number of hydrogen-bond acceptors (Lipinski definition) is 5. The number of thioether (sulfide) groups is 2. The van der Waals surface area contributed by atoms with Gasteiger partial charge in [0.05, 0.1) is 11.0 Å². The summed E-state index contributed by atoms with van der Waals surface area (Å²) in [6.45, 7) is 0. The molecular weight excluding hydrogens is 258 g/mol. The predicted octanol–water partition coefficient (Wildman–Crippen LogP) is 3.20. The zero-order valence-corrected chi connectivity index (χ0v) is 11.1. The summed E-state index contributed by atoms with van der Waals surface area (Å²) >= 11 is 3.11. The molecule has 0 heterocycles. The number of benzene rings is 1. The molecule has 0 aliphatic carbocycles. The Bertz CT molecular complexity index is 411. The number of aliphatic hydroxyl groups excluding tert-OH is 1. The molecule has 0 aromatic heterocycles. The highest BCUT2D eigenvalue weighted by atomic mass is 32.2. The molecule has 0 aliphatic rings. The Balaban J connectivity index is 2.86. The first kappa shape index (κ1) is 14.1. The zero-order valence-electron chi connectivity index (χ0n) is 9.49. The van der Waals surface area contributed by atoms with Crippen LogP contribution in [0, 0.1) is 10.1 Å². The van der Waals surface area contributed by atoms with E-state index in [0.29, 0.717) is 5.56 Å². The van der Waals surface area contributed by atoms with Crippen molar-refractivity contribution >= 4 is 29.2 Å². The van der Waals surface area contributed by atoms with E-state index < -0.39 is 11.0 Å². The Labute approximate surface area is 108 Å². The molecule has 1 rings (SSSR count). The van der Waals surface area contributed by atoms with E-state index in [0.717, 1.165) is 4.24 Å². The van der Waals surface area contributed by atoms with Gasteiger partial charge in [-0.1, -0.05) is 0 Å². The Kier molecular flexibility index (Phi) is 5.54. The van der Waals surface area contributed by atoms with Gasteiger partial charge in [0.1, 0.15) is 0 Å². The van der Waals surface area contributed by atoms with Crippen molar-refractivity contribution in [1.29, 1.82) is 0 Å². The van der Waals surface area contributed by atoms with E-state index in [4.69, 9.17) is 0 Å². The van der Waals surface area contributed by atoms with E-state index in [1.54, 1.807) is 41.7 Å². The van der Waals surface area contributed by atoms with Gasteiger partial charge in [-0.15, -0.1) is 23.5 Å². The molecule has 0 spiro atoms. The molecule has 6 heteroatoms. The smallest absolute Gasteiger partial charge is 0.269 e. The lowest BCUT2D eigenvalue weighted by Gasteiger charge is -2.07. The first-order chi connectivity index (χ1) is 8.08. The SMILES string of the molecule is CSC(=CC(O)c1ccc([N+](=O)[O-])cc1)SC. The van der Waals surface area contributed by atoms with Gasteiger partial charge in [-0.3, -0.25) is 10.1 Å². The lowest BCUT2D eigenvalue weighted by atomic mass is 10.1. The predicted molar refractivity (Wildman–Crippen MR) is 73.2 cm³/mol. The molecule has 0 saturated heterocycles. The number of aliphatic hydroxyl groups is 1. The summed E-state index contributed by atoms with van der Waals surface area (Å²) < 4.78 is 1.01. The van der Waals surface area contributed by atoms with Gasteiger partial charge in [0.2, 0.25) is 0 Å². The highest BCUT2D eigenvalue weighted by molar-refractivity contribution is 8.21. The van der Waals surface area contributed by atoms with Crippen LogP contribution in [0.4, 0.5) is 5.69 Å². The molecule has 1 aromatic rings. The molecule has 17 heavy (non-hydrogen) atoms.